The molecule has 1 aliphatic heterocycles. The number of hydrogen-bond donors (Lipinski definition) is 2. The fourth-order valence-electron chi connectivity index (χ4n) is 2.31. The molecule has 0 saturated carbocycles. The molecule has 0 aliphatic carbocycles. The first-order valence-electron chi connectivity index (χ1n) is 6.77. The van der Waals surface area contributed by atoms with E-state index in [2.05, 4.69) is 10.6 Å². The smallest absolute Gasteiger partial charge is 0.352 e. The van der Waals surface area contributed by atoms with Gasteiger partial charge in [-0.2, -0.15) is 13.2 Å². The number of nitrogens with one attached hydrogen (secondary N) is 2. The standard InChI is InChI=1S/C14H18F3N3O/c1-9(2)18-6-7-20-8-19-13(21)12-10(14(15,16)17)4-3-5-11(12)20/h3-5,9,18H,6-8H2,1-2H3,(H,19,21). The largest absolute Gasteiger partial charge is 0.417 e. The van der Waals surface area contributed by atoms with Gasteiger partial charge in [-0.25, -0.2) is 0 Å². The lowest BCUT2D eigenvalue weighted by Gasteiger charge is -2.33. The van der Waals surface area contributed by atoms with Crippen LogP contribution in [0.3, 0.4) is 0 Å². The van der Waals surface area contributed by atoms with E-state index in [1.165, 1.54) is 6.07 Å². The third kappa shape index (κ3) is 3.47. The zero-order valence-electron chi connectivity index (χ0n) is 11.9. The predicted molar refractivity (Wildman–Crippen MR) is 74.3 cm³/mol. The third-order valence-electron chi connectivity index (χ3n) is 3.28. The number of rotatable bonds is 4. The molecule has 0 bridgehead atoms. The lowest BCUT2D eigenvalue weighted by atomic mass is 10.0. The molecule has 4 nitrogen and oxygen atoms in total. The molecule has 2 N–H and O–H groups in total. The number of carbonyl (C=O) groups is 1. The number of halogens is 3. The highest BCUT2D eigenvalue weighted by Gasteiger charge is 2.38. The molecule has 0 atom stereocenters. The number of hydrogen-bond acceptors (Lipinski definition) is 3. The van der Waals surface area contributed by atoms with Crippen molar-refractivity contribution in [2.75, 3.05) is 24.7 Å². The summed E-state index contributed by atoms with van der Waals surface area (Å²) in [5.74, 6) is -0.675. The van der Waals surface area contributed by atoms with E-state index in [1.807, 2.05) is 13.8 Å². The van der Waals surface area contributed by atoms with Gasteiger partial charge < -0.3 is 15.5 Å². The van der Waals surface area contributed by atoms with Gasteiger partial charge in [0.1, 0.15) is 0 Å². The van der Waals surface area contributed by atoms with Gasteiger partial charge >= 0.3 is 6.18 Å². The Kier molecular flexibility index (Phi) is 4.41. The fourth-order valence-corrected chi connectivity index (χ4v) is 2.31. The second-order valence-corrected chi connectivity index (χ2v) is 5.23. The van der Waals surface area contributed by atoms with Gasteiger partial charge in [-0.05, 0) is 12.1 Å². The summed E-state index contributed by atoms with van der Waals surface area (Å²) in [6.45, 7) is 5.35. The molecule has 0 aromatic heterocycles. The fraction of sp³-hybridized carbons (Fsp3) is 0.500. The Morgan fingerprint density at radius 1 is 1.38 bits per heavy atom. The van der Waals surface area contributed by atoms with E-state index in [4.69, 9.17) is 0 Å². The van der Waals surface area contributed by atoms with Crippen molar-refractivity contribution < 1.29 is 18.0 Å². The predicted octanol–water partition coefficient (Wildman–Crippen LogP) is 2.21. The van der Waals surface area contributed by atoms with Gasteiger partial charge in [0.25, 0.3) is 5.91 Å². The van der Waals surface area contributed by atoms with E-state index in [0.717, 1.165) is 6.07 Å². The Morgan fingerprint density at radius 3 is 2.71 bits per heavy atom. The van der Waals surface area contributed by atoms with Crippen molar-refractivity contribution in [2.24, 2.45) is 0 Å². The zero-order valence-corrected chi connectivity index (χ0v) is 11.9. The van der Waals surface area contributed by atoms with Crippen LogP contribution in [0.15, 0.2) is 18.2 Å². The first kappa shape index (κ1) is 15.6. The summed E-state index contributed by atoms with van der Waals surface area (Å²) < 4.78 is 39.1. The summed E-state index contributed by atoms with van der Waals surface area (Å²) in [5.41, 5.74) is -0.848. The maximum Gasteiger partial charge on any atom is 0.417 e. The third-order valence-corrected chi connectivity index (χ3v) is 3.28. The number of alkyl halides is 3. The van der Waals surface area contributed by atoms with Crippen LogP contribution < -0.4 is 15.5 Å². The highest BCUT2D eigenvalue weighted by molar-refractivity contribution is 6.03. The lowest BCUT2D eigenvalue weighted by Crippen LogP contribution is -2.47. The molecule has 1 amide bonds. The van der Waals surface area contributed by atoms with Crippen LogP contribution in [0.1, 0.15) is 29.8 Å². The Balaban J connectivity index is 2.29. The van der Waals surface area contributed by atoms with Gasteiger partial charge in [-0.15, -0.1) is 0 Å². The molecule has 21 heavy (non-hydrogen) atoms. The summed E-state index contributed by atoms with van der Waals surface area (Å²) in [6, 6.07) is 4.13. The van der Waals surface area contributed by atoms with E-state index >= 15 is 0 Å². The molecule has 0 unspecified atom stereocenters. The van der Waals surface area contributed by atoms with E-state index in [1.54, 1.807) is 11.0 Å². The molecule has 0 fully saturated rings. The Labute approximate surface area is 121 Å². The molecule has 0 saturated heterocycles. The second-order valence-electron chi connectivity index (χ2n) is 5.23. The second kappa shape index (κ2) is 5.93. The van der Waals surface area contributed by atoms with Crippen LogP contribution in [-0.2, 0) is 6.18 Å². The number of anilines is 1. The average Bonchev–Trinajstić information content (AvgIpc) is 2.39. The van der Waals surface area contributed by atoms with Crippen molar-refractivity contribution >= 4 is 11.6 Å². The molecule has 116 valence electrons. The van der Waals surface area contributed by atoms with E-state index < -0.39 is 17.6 Å². The maximum atomic E-state index is 13.0. The summed E-state index contributed by atoms with van der Waals surface area (Å²) in [6.07, 6.45) is -4.54. The summed E-state index contributed by atoms with van der Waals surface area (Å²) in [5, 5.41) is 5.70. The van der Waals surface area contributed by atoms with E-state index in [9.17, 15) is 18.0 Å². The van der Waals surface area contributed by atoms with Crippen molar-refractivity contribution in [3.05, 3.63) is 29.3 Å². The molecule has 2 rings (SSSR count). The van der Waals surface area contributed by atoms with Crippen LogP contribution in [-0.4, -0.2) is 31.7 Å². The number of fused-ring (bicyclic) bond motifs is 1. The SMILES string of the molecule is CC(C)NCCN1CNC(=O)c2c1cccc2C(F)(F)F. The summed E-state index contributed by atoms with van der Waals surface area (Å²) in [4.78, 5) is 13.6. The van der Waals surface area contributed by atoms with Gasteiger partial charge in [-0.1, -0.05) is 19.9 Å². The monoisotopic (exact) mass is 301 g/mol. The number of benzene rings is 1. The zero-order chi connectivity index (χ0) is 15.6. The molecule has 1 heterocycles. The van der Waals surface area contributed by atoms with Gasteiger partial charge in [0.2, 0.25) is 0 Å². The molecule has 1 aromatic carbocycles. The molecule has 1 aromatic rings. The first-order chi connectivity index (χ1) is 9.80. The van der Waals surface area contributed by atoms with Crippen LogP contribution in [0, 0.1) is 0 Å². The quantitative estimate of drug-likeness (QED) is 0.896. The normalized spacial score (nSPS) is 15.1. The van der Waals surface area contributed by atoms with Crippen molar-refractivity contribution in [3.8, 4) is 0 Å². The highest BCUT2D eigenvalue weighted by Crippen LogP contribution is 2.37. The topological polar surface area (TPSA) is 44.4 Å². The maximum absolute atomic E-state index is 13.0. The van der Waals surface area contributed by atoms with Crippen molar-refractivity contribution in [1.82, 2.24) is 10.6 Å². The number of amides is 1. The number of nitrogens with zero attached hydrogens (tertiary/aromatic N) is 1. The highest BCUT2D eigenvalue weighted by atomic mass is 19.4. The van der Waals surface area contributed by atoms with E-state index in [0.29, 0.717) is 24.8 Å². The average molecular weight is 301 g/mol. The molecule has 7 heteroatoms. The van der Waals surface area contributed by atoms with Gasteiger partial charge in [0.05, 0.1) is 23.5 Å². The van der Waals surface area contributed by atoms with Crippen LogP contribution in [0.2, 0.25) is 0 Å². The summed E-state index contributed by atoms with van der Waals surface area (Å²) >= 11 is 0. The van der Waals surface area contributed by atoms with Crippen LogP contribution in [0.5, 0.6) is 0 Å². The molecular formula is C14H18F3N3O. The van der Waals surface area contributed by atoms with Crippen LogP contribution in [0.25, 0.3) is 0 Å². The van der Waals surface area contributed by atoms with Gasteiger partial charge in [0.15, 0.2) is 0 Å². The summed E-state index contributed by atoms with van der Waals surface area (Å²) in [7, 11) is 0. The Hall–Kier alpha value is -1.76. The molecule has 0 radical (unpaired) electrons. The first-order valence-corrected chi connectivity index (χ1v) is 6.77. The van der Waals surface area contributed by atoms with Gasteiger partial charge in [-0.3, -0.25) is 4.79 Å². The Morgan fingerprint density at radius 2 is 2.10 bits per heavy atom. The minimum Gasteiger partial charge on any atom is -0.352 e. The van der Waals surface area contributed by atoms with Crippen molar-refractivity contribution in [1.29, 1.82) is 0 Å². The lowest BCUT2D eigenvalue weighted by molar-refractivity contribution is -0.137. The van der Waals surface area contributed by atoms with Crippen LogP contribution >= 0.6 is 0 Å². The van der Waals surface area contributed by atoms with E-state index in [-0.39, 0.29) is 12.2 Å². The van der Waals surface area contributed by atoms with Crippen molar-refractivity contribution in [2.45, 2.75) is 26.1 Å². The molecule has 0 spiro atoms. The number of carbonyl (C=O) groups excluding carboxylic acids is 1. The van der Waals surface area contributed by atoms with Crippen molar-refractivity contribution in [3.63, 3.8) is 0 Å². The molecule has 1 aliphatic rings. The van der Waals surface area contributed by atoms with Crippen LogP contribution in [0.4, 0.5) is 18.9 Å². The molecular weight excluding hydrogens is 283 g/mol. The minimum atomic E-state index is -4.54. The Bertz CT molecular complexity index is 529. The minimum absolute atomic E-state index is 0.215. The van der Waals surface area contributed by atoms with Gasteiger partial charge in [0, 0.05) is 19.1 Å².